The van der Waals surface area contributed by atoms with Crippen LogP contribution in [0.25, 0.3) is 27.4 Å². The van der Waals surface area contributed by atoms with Gasteiger partial charge in [0.2, 0.25) is 0 Å². The Morgan fingerprint density at radius 3 is 2.41 bits per heavy atom. The van der Waals surface area contributed by atoms with Crippen LogP contribution in [0, 0.1) is 6.92 Å². The molecule has 1 heterocycles. The van der Waals surface area contributed by atoms with Crippen molar-refractivity contribution in [1.82, 2.24) is 14.5 Å². The monoisotopic (exact) mass is 491 g/mol. The average Bonchev–Trinajstić information content (AvgIpc) is 2.93. The van der Waals surface area contributed by atoms with E-state index in [4.69, 9.17) is 9.72 Å². The second-order valence-electron chi connectivity index (χ2n) is 9.19. The highest BCUT2D eigenvalue weighted by molar-refractivity contribution is 5.98. The van der Waals surface area contributed by atoms with Crippen molar-refractivity contribution in [2.45, 2.75) is 19.9 Å². The van der Waals surface area contributed by atoms with Crippen LogP contribution in [0.4, 0.5) is 0 Å². The van der Waals surface area contributed by atoms with Crippen LogP contribution in [0.2, 0.25) is 0 Å². The van der Waals surface area contributed by atoms with Crippen LogP contribution in [-0.4, -0.2) is 40.6 Å². The van der Waals surface area contributed by atoms with Crippen molar-refractivity contribution in [2.24, 2.45) is 0 Å². The Balaban J connectivity index is 1.65. The van der Waals surface area contributed by atoms with E-state index in [0.29, 0.717) is 41.1 Å². The SMILES string of the molecule is COCCN(C(=O)c1ccc2ccccc2c1)C(C)c1nc2ccccc2c(=O)n1-c1ccc(C)cc1. The first-order valence-corrected chi connectivity index (χ1v) is 12.4. The zero-order valence-corrected chi connectivity index (χ0v) is 21.2. The number of carbonyl (C=O) groups excluding carboxylic acids is 1. The van der Waals surface area contributed by atoms with Gasteiger partial charge < -0.3 is 9.64 Å². The van der Waals surface area contributed by atoms with Crippen LogP contribution in [-0.2, 0) is 4.74 Å². The van der Waals surface area contributed by atoms with E-state index in [-0.39, 0.29) is 11.5 Å². The summed E-state index contributed by atoms with van der Waals surface area (Å²) in [6.07, 6.45) is 0. The number of para-hydroxylation sites is 1. The third-order valence-electron chi connectivity index (χ3n) is 6.73. The summed E-state index contributed by atoms with van der Waals surface area (Å²) in [5.41, 5.74) is 2.81. The molecule has 6 heteroatoms. The van der Waals surface area contributed by atoms with Gasteiger partial charge >= 0.3 is 0 Å². The highest BCUT2D eigenvalue weighted by Crippen LogP contribution is 2.26. The first kappa shape index (κ1) is 24.4. The maximum absolute atomic E-state index is 13.9. The summed E-state index contributed by atoms with van der Waals surface area (Å²) in [6, 6.07) is 28.2. The van der Waals surface area contributed by atoms with Gasteiger partial charge in [-0.2, -0.15) is 0 Å². The maximum Gasteiger partial charge on any atom is 0.266 e. The summed E-state index contributed by atoms with van der Waals surface area (Å²) in [5, 5.41) is 2.59. The van der Waals surface area contributed by atoms with Crippen molar-refractivity contribution in [3.63, 3.8) is 0 Å². The fourth-order valence-electron chi connectivity index (χ4n) is 4.66. The Kier molecular flexibility index (Phi) is 6.84. The zero-order valence-electron chi connectivity index (χ0n) is 21.2. The quantitative estimate of drug-likeness (QED) is 0.293. The minimum atomic E-state index is -0.507. The Labute approximate surface area is 215 Å². The third-order valence-corrected chi connectivity index (χ3v) is 6.73. The van der Waals surface area contributed by atoms with Gasteiger partial charge in [-0.1, -0.05) is 60.2 Å². The van der Waals surface area contributed by atoms with E-state index in [1.807, 2.05) is 98.8 Å². The molecule has 0 bridgehead atoms. The molecule has 0 spiro atoms. The van der Waals surface area contributed by atoms with Crippen molar-refractivity contribution >= 4 is 27.6 Å². The van der Waals surface area contributed by atoms with Gasteiger partial charge in [-0.15, -0.1) is 0 Å². The summed E-state index contributed by atoms with van der Waals surface area (Å²) in [7, 11) is 1.61. The van der Waals surface area contributed by atoms with Gasteiger partial charge in [0.25, 0.3) is 11.5 Å². The minimum absolute atomic E-state index is 0.145. The lowest BCUT2D eigenvalue weighted by molar-refractivity contribution is 0.0605. The van der Waals surface area contributed by atoms with Crippen molar-refractivity contribution in [2.75, 3.05) is 20.3 Å². The number of rotatable bonds is 7. The molecular formula is C31H29N3O3. The first-order chi connectivity index (χ1) is 18.0. The molecular weight excluding hydrogens is 462 g/mol. The van der Waals surface area contributed by atoms with E-state index in [2.05, 4.69) is 0 Å². The molecule has 0 radical (unpaired) electrons. The molecule has 186 valence electrons. The Morgan fingerprint density at radius 2 is 1.65 bits per heavy atom. The molecule has 37 heavy (non-hydrogen) atoms. The lowest BCUT2D eigenvalue weighted by Gasteiger charge is -2.30. The number of fused-ring (bicyclic) bond motifs is 2. The van der Waals surface area contributed by atoms with Crippen LogP contribution in [0.1, 0.15) is 34.7 Å². The predicted octanol–water partition coefficient (Wildman–Crippen LogP) is 5.70. The minimum Gasteiger partial charge on any atom is -0.383 e. The fraction of sp³-hybridized carbons (Fsp3) is 0.194. The van der Waals surface area contributed by atoms with E-state index in [9.17, 15) is 9.59 Å². The van der Waals surface area contributed by atoms with Crippen molar-refractivity contribution in [3.8, 4) is 5.69 Å². The molecule has 0 fully saturated rings. The Bertz CT molecular complexity index is 1640. The summed E-state index contributed by atoms with van der Waals surface area (Å²) in [4.78, 5) is 34.3. The average molecular weight is 492 g/mol. The zero-order chi connectivity index (χ0) is 25.9. The predicted molar refractivity (Wildman–Crippen MR) is 147 cm³/mol. The van der Waals surface area contributed by atoms with E-state index in [1.165, 1.54) is 0 Å². The molecule has 1 amide bonds. The molecule has 0 aliphatic carbocycles. The lowest BCUT2D eigenvalue weighted by Crippen LogP contribution is -2.39. The van der Waals surface area contributed by atoms with E-state index < -0.39 is 6.04 Å². The number of benzene rings is 4. The van der Waals surface area contributed by atoms with E-state index in [1.54, 1.807) is 22.6 Å². The third kappa shape index (κ3) is 4.76. The molecule has 0 aliphatic heterocycles. The number of aryl methyl sites for hydroxylation is 1. The molecule has 0 aliphatic rings. The number of carbonyl (C=O) groups is 1. The van der Waals surface area contributed by atoms with Gasteiger partial charge in [0, 0.05) is 19.2 Å². The molecule has 1 aromatic heterocycles. The van der Waals surface area contributed by atoms with Crippen molar-refractivity contribution in [1.29, 1.82) is 0 Å². The van der Waals surface area contributed by atoms with E-state index in [0.717, 1.165) is 16.3 Å². The molecule has 0 N–H and O–H groups in total. The molecule has 6 nitrogen and oxygen atoms in total. The van der Waals surface area contributed by atoms with Gasteiger partial charge in [-0.25, -0.2) is 4.98 Å². The normalized spacial score (nSPS) is 12.1. The second-order valence-corrected chi connectivity index (χ2v) is 9.19. The number of nitrogens with zero attached hydrogens (tertiary/aromatic N) is 3. The van der Waals surface area contributed by atoms with Crippen molar-refractivity contribution in [3.05, 3.63) is 118 Å². The molecule has 1 atom stereocenters. The first-order valence-electron chi connectivity index (χ1n) is 12.4. The number of hydrogen-bond acceptors (Lipinski definition) is 4. The van der Waals surface area contributed by atoms with Crippen molar-refractivity contribution < 1.29 is 9.53 Å². The summed E-state index contributed by atoms with van der Waals surface area (Å²) in [6.45, 7) is 4.62. The van der Waals surface area contributed by atoms with Crippen LogP contribution in [0.5, 0.6) is 0 Å². The van der Waals surface area contributed by atoms with Gasteiger partial charge in [-0.3, -0.25) is 14.2 Å². The van der Waals surface area contributed by atoms with E-state index >= 15 is 0 Å². The molecule has 0 saturated carbocycles. The van der Waals surface area contributed by atoms with Gasteiger partial charge in [0.1, 0.15) is 5.82 Å². The number of amides is 1. The molecule has 5 aromatic rings. The summed E-state index contributed by atoms with van der Waals surface area (Å²) >= 11 is 0. The second kappa shape index (κ2) is 10.4. The topological polar surface area (TPSA) is 64.4 Å². The largest absolute Gasteiger partial charge is 0.383 e. The van der Waals surface area contributed by atoms with Gasteiger partial charge in [-0.05, 0) is 61.0 Å². The Morgan fingerprint density at radius 1 is 0.946 bits per heavy atom. The van der Waals surface area contributed by atoms with Crippen LogP contribution >= 0.6 is 0 Å². The fourth-order valence-corrected chi connectivity index (χ4v) is 4.66. The molecule has 0 saturated heterocycles. The number of methoxy groups -OCH3 is 1. The standard InChI is InChI=1S/C31H29N3O3/c1-21-12-16-26(17-13-21)34-29(32-28-11-7-6-10-27(28)31(34)36)22(2)33(18-19-37-3)30(35)25-15-14-23-8-4-5-9-24(23)20-25/h4-17,20,22H,18-19H2,1-3H3. The Hall–Kier alpha value is -4.29. The molecule has 4 aromatic carbocycles. The lowest BCUT2D eigenvalue weighted by atomic mass is 10.1. The maximum atomic E-state index is 13.9. The summed E-state index contributed by atoms with van der Waals surface area (Å²) < 4.78 is 6.98. The highest BCUT2D eigenvalue weighted by Gasteiger charge is 2.27. The van der Waals surface area contributed by atoms with Crippen LogP contribution < -0.4 is 5.56 Å². The van der Waals surface area contributed by atoms with Gasteiger partial charge in [0.15, 0.2) is 0 Å². The van der Waals surface area contributed by atoms with Gasteiger partial charge in [0.05, 0.1) is 29.2 Å². The molecule has 5 rings (SSSR count). The van der Waals surface area contributed by atoms with Crippen LogP contribution in [0.15, 0.2) is 95.8 Å². The summed E-state index contributed by atoms with van der Waals surface area (Å²) in [5.74, 6) is 0.353. The highest BCUT2D eigenvalue weighted by atomic mass is 16.5. The number of hydrogen-bond donors (Lipinski definition) is 0. The smallest absolute Gasteiger partial charge is 0.266 e. The number of aromatic nitrogens is 2. The molecule has 1 unspecified atom stereocenters. The van der Waals surface area contributed by atoms with Crippen LogP contribution in [0.3, 0.4) is 0 Å². The number of ether oxygens (including phenoxy) is 1.